The first-order valence-corrected chi connectivity index (χ1v) is 10.00. The third-order valence-electron chi connectivity index (χ3n) is 4.61. The van der Waals surface area contributed by atoms with Gasteiger partial charge in [0, 0.05) is 23.2 Å². The molecular formula is C20H23N3O3S. The lowest BCUT2D eigenvalue weighted by Crippen LogP contribution is -2.34. The van der Waals surface area contributed by atoms with Gasteiger partial charge in [-0.3, -0.25) is 9.59 Å². The molecule has 1 amide bonds. The minimum atomic E-state index is -0.907. The fourth-order valence-corrected chi connectivity index (χ4v) is 4.06. The monoisotopic (exact) mass is 385 g/mol. The van der Waals surface area contributed by atoms with E-state index in [1.807, 2.05) is 48.0 Å². The van der Waals surface area contributed by atoms with Crippen LogP contribution in [0.25, 0.3) is 5.69 Å². The third-order valence-corrected chi connectivity index (χ3v) is 5.52. The summed E-state index contributed by atoms with van der Waals surface area (Å²) in [6, 6.07) is 10.0. The highest BCUT2D eigenvalue weighted by Gasteiger charge is 2.26. The van der Waals surface area contributed by atoms with Gasteiger partial charge in [-0.2, -0.15) is 5.10 Å². The van der Waals surface area contributed by atoms with Crippen LogP contribution in [0.4, 0.5) is 0 Å². The molecule has 0 aliphatic heterocycles. The number of para-hydroxylation sites is 1. The predicted octanol–water partition coefficient (Wildman–Crippen LogP) is 2.84. The van der Waals surface area contributed by atoms with Crippen LogP contribution < -0.4 is 5.32 Å². The quantitative estimate of drug-likeness (QED) is 0.716. The van der Waals surface area contributed by atoms with Crippen LogP contribution in [0.1, 0.15) is 29.3 Å². The zero-order chi connectivity index (χ0) is 19.4. The van der Waals surface area contributed by atoms with Gasteiger partial charge in [0.1, 0.15) is 0 Å². The highest BCUT2D eigenvalue weighted by atomic mass is 32.2. The van der Waals surface area contributed by atoms with Crippen molar-refractivity contribution in [2.45, 2.75) is 32.2 Å². The first-order valence-electron chi connectivity index (χ1n) is 8.84. The van der Waals surface area contributed by atoms with E-state index >= 15 is 0 Å². The highest BCUT2D eigenvalue weighted by Crippen LogP contribution is 2.33. The molecule has 1 aromatic carbocycles. The lowest BCUT2D eigenvalue weighted by atomic mass is 9.96. The Bertz CT molecular complexity index is 861. The largest absolute Gasteiger partial charge is 0.481 e. The lowest BCUT2D eigenvalue weighted by Gasteiger charge is -2.14. The van der Waals surface area contributed by atoms with Gasteiger partial charge in [0.25, 0.3) is 0 Å². The van der Waals surface area contributed by atoms with E-state index in [1.54, 1.807) is 0 Å². The van der Waals surface area contributed by atoms with Crippen molar-refractivity contribution in [3.8, 4) is 5.69 Å². The summed E-state index contributed by atoms with van der Waals surface area (Å²) in [5, 5.41) is 16.3. The van der Waals surface area contributed by atoms with E-state index in [1.165, 1.54) is 5.56 Å². The smallest absolute Gasteiger partial charge is 0.313 e. The van der Waals surface area contributed by atoms with Gasteiger partial charge in [0.2, 0.25) is 5.91 Å². The molecule has 1 heterocycles. The number of rotatable bonds is 7. The molecule has 0 saturated carbocycles. The van der Waals surface area contributed by atoms with Gasteiger partial charge < -0.3 is 10.4 Å². The van der Waals surface area contributed by atoms with E-state index in [0.29, 0.717) is 0 Å². The number of benzene rings is 1. The molecule has 7 heteroatoms. The second-order valence-corrected chi connectivity index (χ2v) is 7.61. The third kappa shape index (κ3) is 4.60. The van der Waals surface area contributed by atoms with E-state index in [4.69, 9.17) is 10.2 Å². The molecule has 2 atom stereocenters. The van der Waals surface area contributed by atoms with Crippen LogP contribution in [0, 0.1) is 13.8 Å². The number of amides is 1. The van der Waals surface area contributed by atoms with Crippen molar-refractivity contribution < 1.29 is 14.7 Å². The summed E-state index contributed by atoms with van der Waals surface area (Å²) in [4.78, 5) is 22.5. The number of nitrogens with one attached hydrogen (secondary N) is 1. The number of aliphatic carboxylic acids is 1. The first kappa shape index (κ1) is 19.2. The van der Waals surface area contributed by atoms with Gasteiger partial charge in [0.05, 0.1) is 22.9 Å². The molecule has 0 unspecified atom stereocenters. The van der Waals surface area contributed by atoms with Crippen LogP contribution in [0.15, 0.2) is 42.5 Å². The molecule has 0 radical (unpaired) electrons. The molecule has 2 N–H and O–H groups in total. The molecule has 3 rings (SSSR count). The summed E-state index contributed by atoms with van der Waals surface area (Å²) in [5.41, 5.74) is 4.34. The maximum absolute atomic E-state index is 12.0. The summed E-state index contributed by atoms with van der Waals surface area (Å²) in [6.45, 7) is 4.09. The lowest BCUT2D eigenvalue weighted by molar-refractivity contribution is -0.133. The van der Waals surface area contributed by atoms with Crippen LogP contribution in [0.3, 0.4) is 0 Å². The van der Waals surface area contributed by atoms with Crippen LogP contribution >= 0.6 is 11.8 Å². The van der Waals surface area contributed by atoms with Gasteiger partial charge in [-0.05, 0) is 32.4 Å². The number of carbonyl (C=O) groups excluding carboxylic acids is 1. The SMILES string of the molecule is Cc1nn(-c2ccccc2)c(C)c1[C@H]1C=C[C@@H](NC(=O)CSCC(=O)O)C1. The van der Waals surface area contributed by atoms with Crippen molar-refractivity contribution in [2.24, 2.45) is 0 Å². The standard InChI is InChI=1S/C20H23N3O3S/c1-13-20(14(2)23(22-13)17-6-4-3-5-7-17)15-8-9-16(10-15)21-18(24)11-27-12-19(25)26/h3-9,15-16H,10-12H2,1-2H3,(H,21,24)(H,25,26)/t15-,16+/m0/s1. The number of nitrogens with zero attached hydrogens (tertiary/aromatic N) is 2. The van der Waals surface area contributed by atoms with Crippen molar-refractivity contribution in [1.29, 1.82) is 0 Å². The van der Waals surface area contributed by atoms with E-state index in [0.717, 1.165) is 35.3 Å². The van der Waals surface area contributed by atoms with Crippen LogP contribution in [-0.2, 0) is 9.59 Å². The summed E-state index contributed by atoms with van der Waals surface area (Å²) >= 11 is 1.11. The summed E-state index contributed by atoms with van der Waals surface area (Å²) in [5.74, 6) is -0.738. The number of carboxylic acid groups (broad SMARTS) is 1. The van der Waals surface area contributed by atoms with Crippen molar-refractivity contribution >= 4 is 23.6 Å². The maximum atomic E-state index is 12.0. The van der Waals surface area contributed by atoms with Gasteiger partial charge in [-0.25, -0.2) is 4.68 Å². The molecule has 1 aliphatic carbocycles. The Kier molecular flexibility index (Phi) is 6.01. The molecule has 0 bridgehead atoms. The summed E-state index contributed by atoms with van der Waals surface area (Å²) in [7, 11) is 0. The number of allylic oxidation sites excluding steroid dienone is 1. The molecule has 1 aliphatic rings. The Morgan fingerprint density at radius 3 is 2.67 bits per heavy atom. The Morgan fingerprint density at radius 1 is 1.22 bits per heavy atom. The van der Waals surface area contributed by atoms with E-state index < -0.39 is 5.97 Å². The van der Waals surface area contributed by atoms with Gasteiger partial charge in [0.15, 0.2) is 0 Å². The normalized spacial score (nSPS) is 18.6. The number of hydrogen-bond donors (Lipinski definition) is 2. The second-order valence-electron chi connectivity index (χ2n) is 6.62. The Balaban J connectivity index is 1.64. The van der Waals surface area contributed by atoms with Crippen molar-refractivity contribution in [1.82, 2.24) is 15.1 Å². The molecule has 0 saturated heterocycles. The van der Waals surface area contributed by atoms with E-state index in [9.17, 15) is 9.59 Å². The molecule has 6 nitrogen and oxygen atoms in total. The van der Waals surface area contributed by atoms with Crippen LogP contribution in [0.5, 0.6) is 0 Å². The number of carboxylic acids is 1. The average Bonchev–Trinajstić information content (AvgIpc) is 3.19. The minimum Gasteiger partial charge on any atom is -0.481 e. The Hall–Kier alpha value is -2.54. The van der Waals surface area contributed by atoms with Crippen molar-refractivity contribution in [3.63, 3.8) is 0 Å². The van der Waals surface area contributed by atoms with Gasteiger partial charge >= 0.3 is 5.97 Å². The van der Waals surface area contributed by atoms with Crippen LogP contribution in [0.2, 0.25) is 0 Å². The fraction of sp³-hybridized carbons (Fsp3) is 0.350. The number of aromatic nitrogens is 2. The molecule has 0 fully saturated rings. The second kappa shape index (κ2) is 8.43. The zero-order valence-electron chi connectivity index (χ0n) is 15.4. The van der Waals surface area contributed by atoms with Crippen molar-refractivity contribution in [3.05, 3.63) is 59.4 Å². The highest BCUT2D eigenvalue weighted by molar-refractivity contribution is 8.00. The van der Waals surface area contributed by atoms with E-state index in [2.05, 4.69) is 18.3 Å². The van der Waals surface area contributed by atoms with Gasteiger partial charge in [-0.15, -0.1) is 11.8 Å². The molecular weight excluding hydrogens is 362 g/mol. The Morgan fingerprint density at radius 2 is 1.96 bits per heavy atom. The van der Waals surface area contributed by atoms with Crippen molar-refractivity contribution in [2.75, 3.05) is 11.5 Å². The maximum Gasteiger partial charge on any atom is 0.313 e. The fourth-order valence-electron chi connectivity index (χ4n) is 3.51. The molecule has 0 spiro atoms. The zero-order valence-corrected chi connectivity index (χ0v) is 16.2. The summed E-state index contributed by atoms with van der Waals surface area (Å²) < 4.78 is 1.97. The first-order chi connectivity index (χ1) is 13.0. The average molecular weight is 385 g/mol. The molecule has 142 valence electrons. The number of thioether (sulfide) groups is 1. The van der Waals surface area contributed by atoms with E-state index in [-0.39, 0.29) is 29.4 Å². The molecule has 27 heavy (non-hydrogen) atoms. The molecule has 1 aromatic heterocycles. The van der Waals surface area contributed by atoms with Gasteiger partial charge in [-0.1, -0.05) is 30.4 Å². The number of hydrogen-bond acceptors (Lipinski definition) is 4. The Labute approximate surface area is 162 Å². The number of carbonyl (C=O) groups is 2. The number of aryl methyl sites for hydroxylation is 1. The summed E-state index contributed by atoms with van der Waals surface area (Å²) in [6.07, 6.45) is 4.93. The minimum absolute atomic E-state index is 0.0354. The van der Waals surface area contributed by atoms with Crippen LogP contribution in [-0.4, -0.2) is 44.3 Å². The predicted molar refractivity (Wildman–Crippen MR) is 106 cm³/mol. The topological polar surface area (TPSA) is 84.2 Å². The molecule has 2 aromatic rings.